The van der Waals surface area contributed by atoms with Crippen molar-refractivity contribution in [2.75, 3.05) is 0 Å². The van der Waals surface area contributed by atoms with Gasteiger partial charge in [0, 0.05) is 0 Å². The van der Waals surface area contributed by atoms with E-state index in [0.29, 0.717) is 5.92 Å². The van der Waals surface area contributed by atoms with Crippen LogP contribution in [0.1, 0.15) is 44.7 Å². The van der Waals surface area contributed by atoms with Crippen LogP contribution in [0.25, 0.3) is 0 Å². The van der Waals surface area contributed by atoms with Crippen LogP contribution in [0, 0.1) is 12.0 Å². The average molecular weight is 456 g/mol. The molecule has 0 saturated heterocycles. The molecule has 3 rings (SSSR count). The maximum absolute atomic E-state index is 3.56. The molecular formula is C23H25Cl3Ti. The summed E-state index contributed by atoms with van der Waals surface area (Å²) in [5, 5.41) is 0. The van der Waals surface area contributed by atoms with Gasteiger partial charge in [0.15, 0.2) is 0 Å². The van der Waals surface area contributed by atoms with Crippen LogP contribution in [0.3, 0.4) is 0 Å². The Balaban J connectivity index is 0. The second-order valence-corrected chi connectivity index (χ2v) is 6.61. The first kappa shape index (κ1) is 28.7. The second kappa shape index (κ2) is 12.9. The summed E-state index contributed by atoms with van der Waals surface area (Å²) in [7, 11) is 0. The molecule has 0 N–H and O–H groups in total. The maximum atomic E-state index is 3.56. The molecule has 0 aromatic heterocycles. The molecule has 1 unspecified atom stereocenters. The molecule has 0 aliphatic heterocycles. The molecule has 2 aromatic carbocycles. The third-order valence-electron chi connectivity index (χ3n) is 5.30. The van der Waals surface area contributed by atoms with Crippen LogP contribution in [0.5, 0.6) is 0 Å². The molecule has 0 fully saturated rings. The molecule has 0 nitrogen and oxygen atoms in total. The minimum absolute atomic E-state index is 0. The number of rotatable bonds is 5. The van der Waals surface area contributed by atoms with E-state index in [9.17, 15) is 0 Å². The first-order chi connectivity index (χ1) is 11.2. The van der Waals surface area contributed by atoms with Crippen LogP contribution < -0.4 is 37.2 Å². The zero-order chi connectivity index (χ0) is 16.3. The van der Waals surface area contributed by atoms with Gasteiger partial charge in [-0.2, -0.15) is 11.6 Å². The van der Waals surface area contributed by atoms with Crippen LogP contribution in [0.15, 0.2) is 77.9 Å². The molecule has 0 saturated carbocycles. The third-order valence-corrected chi connectivity index (χ3v) is 5.30. The second-order valence-electron chi connectivity index (χ2n) is 6.61. The topological polar surface area (TPSA) is 0 Å². The summed E-state index contributed by atoms with van der Waals surface area (Å²) in [5.74, 6) is 0.551. The van der Waals surface area contributed by atoms with E-state index in [1.165, 1.54) is 22.3 Å². The van der Waals surface area contributed by atoms with E-state index < -0.39 is 0 Å². The Bertz CT molecular complexity index is 684. The molecule has 0 bridgehead atoms. The molecule has 2 aromatic rings. The zero-order valence-corrected chi connectivity index (χ0v) is 19.8. The summed E-state index contributed by atoms with van der Waals surface area (Å²) in [6.07, 6.45) is 7.92. The SMILES string of the molecule is CCC(C)C1=C(C(C)(c2ccccc2)c2ccccc2)CC=[C-]1.[Cl-].[Cl-].[Cl-].[Ti+4]. The Labute approximate surface area is 198 Å². The quantitative estimate of drug-likeness (QED) is 0.336. The van der Waals surface area contributed by atoms with E-state index in [2.05, 4.69) is 93.6 Å². The van der Waals surface area contributed by atoms with Gasteiger partial charge in [-0.3, -0.25) is 6.08 Å². The standard InChI is InChI=1S/C23H25.3ClH.Ti/c1-4-18(2)21-16-11-17-22(21)23(3,19-12-7-5-8-13-19)20-14-9-6-10-15-20;;;;/h5-15,18H,4,17H2,1-3H3;3*1H;/q-1;;;;+4/p-3. The van der Waals surface area contributed by atoms with E-state index in [1.807, 2.05) is 0 Å². The fraction of sp³-hybridized carbons (Fsp3) is 0.304. The third kappa shape index (κ3) is 5.75. The summed E-state index contributed by atoms with van der Waals surface area (Å²) in [6, 6.07) is 21.8. The zero-order valence-electron chi connectivity index (χ0n) is 16.0. The minimum Gasteiger partial charge on any atom is -1.00 e. The van der Waals surface area contributed by atoms with Gasteiger partial charge in [-0.15, -0.1) is 0 Å². The fourth-order valence-corrected chi connectivity index (χ4v) is 3.64. The summed E-state index contributed by atoms with van der Waals surface area (Å²) in [4.78, 5) is 0. The maximum Gasteiger partial charge on any atom is 4.00 e. The minimum atomic E-state index is -0.0959. The van der Waals surface area contributed by atoms with Gasteiger partial charge in [-0.1, -0.05) is 111 Å². The van der Waals surface area contributed by atoms with Gasteiger partial charge in [-0.05, 0) is 5.41 Å². The van der Waals surface area contributed by atoms with E-state index in [-0.39, 0.29) is 64.4 Å². The fourth-order valence-electron chi connectivity index (χ4n) is 3.64. The first-order valence-electron chi connectivity index (χ1n) is 8.60. The molecule has 142 valence electrons. The van der Waals surface area contributed by atoms with Crippen LogP contribution >= 0.6 is 0 Å². The Morgan fingerprint density at radius 2 is 1.33 bits per heavy atom. The van der Waals surface area contributed by atoms with Crippen molar-refractivity contribution in [3.05, 3.63) is 95.1 Å². The summed E-state index contributed by atoms with van der Waals surface area (Å²) in [6.45, 7) is 6.95. The number of benzene rings is 2. The van der Waals surface area contributed by atoms with Crippen molar-refractivity contribution >= 4 is 0 Å². The van der Waals surface area contributed by atoms with E-state index in [1.54, 1.807) is 0 Å². The predicted octanol–water partition coefficient (Wildman–Crippen LogP) is -2.89. The van der Waals surface area contributed by atoms with Gasteiger partial charge in [0.25, 0.3) is 0 Å². The molecule has 27 heavy (non-hydrogen) atoms. The van der Waals surface area contributed by atoms with Crippen LogP contribution in [-0.2, 0) is 27.1 Å². The monoisotopic (exact) mass is 454 g/mol. The van der Waals surface area contributed by atoms with Gasteiger partial charge < -0.3 is 37.2 Å². The Hall–Kier alpha value is -0.496. The Morgan fingerprint density at radius 3 is 1.74 bits per heavy atom. The molecule has 1 atom stereocenters. The van der Waals surface area contributed by atoms with Gasteiger partial charge >= 0.3 is 21.7 Å². The van der Waals surface area contributed by atoms with Gasteiger partial charge in [0.2, 0.25) is 0 Å². The first-order valence-corrected chi connectivity index (χ1v) is 8.60. The molecule has 1 aliphatic carbocycles. The molecule has 0 radical (unpaired) electrons. The summed E-state index contributed by atoms with van der Waals surface area (Å²) in [5.41, 5.74) is 5.53. The summed E-state index contributed by atoms with van der Waals surface area (Å²) >= 11 is 0. The summed E-state index contributed by atoms with van der Waals surface area (Å²) < 4.78 is 0. The van der Waals surface area contributed by atoms with Gasteiger partial charge in [0.05, 0.1) is 0 Å². The molecule has 0 heterocycles. The van der Waals surface area contributed by atoms with Crippen molar-refractivity contribution < 1.29 is 58.9 Å². The predicted molar refractivity (Wildman–Crippen MR) is 98.2 cm³/mol. The van der Waals surface area contributed by atoms with Crippen molar-refractivity contribution in [2.24, 2.45) is 5.92 Å². The number of hydrogen-bond acceptors (Lipinski definition) is 0. The number of allylic oxidation sites excluding steroid dienone is 4. The molecule has 4 heteroatoms. The van der Waals surface area contributed by atoms with Gasteiger partial charge in [-0.25, -0.2) is 5.57 Å². The van der Waals surface area contributed by atoms with Crippen molar-refractivity contribution in [1.82, 2.24) is 0 Å². The Kier molecular flexibility index (Phi) is 13.7. The number of hydrogen-bond donors (Lipinski definition) is 0. The average Bonchev–Trinajstić information content (AvgIpc) is 3.12. The molecule has 0 amide bonds. The molecular weight excluding hydrogens is 430 g/mol. The van der Waals surface area contributed by atoms with Crippen molar-refractivity contribution in [3.8, 4) is 0 Å². The normalized spacial score (nSPS) is 13.6. The number of halogens is 3. The Morgan fingerprint density at radius 1 is 0.889 bits per heavy atom. The molecule has 1 aliphatic rings. The largest absolute Gasteiger partial charge is 4.00 e. The van der Waals surface area contributed by atoms with Crippen molar-refractivity contribution in [2.45, 2.75) is 39.0 Å². The van der Waals surface area contributed by atoms with Crippen LogP contribution in [-0.4, -0.2) is 0 Å². The smallest absolute Gasteiger partial charge is 1.00 e. The van der Waals surface area contributed by atoms with Crippen LogP contribution in [0.4, 0.5) is 0 Å². The van der Waals surface area contributed by atoms with Crippen molar-refractivity contribution in [3.63, 3.8) is 0 Å². The molecule has 0 spiro atoms. The van der Waals surface area contributed by atoms with E-state index in [4.69, 9.17) is 0 Å². The van der Waals surface area contributed by atoms with Gasteiger partial charge in [0.1, 0.15) is 0 Å². The van der Waals surface area contributed by atoms with Crippen LogP contribution in [0.2, 0.25) is 0 Å². The van der Waals surface area contributed by atoms with Crippen molar-refractivity contribution in [1.29, 1.82) is 0 Å². The van der Waals surface area contributed by atoms with E-state index >= 15 is 0 Å². The van der Waals surface area contributed by atoms with E-state index in [0.717, 1.165) is 12.8 Å².